The molecule has 0 aromatic heterocycles. The highest BCUT2D eigenvalue weighted by molar-refractivity contribution is 5.73. The van der Waals surface area contributed by atoms with Gasteiger partial charge in [0.05, 0.1) is 4.92 Å². The molecule has 0 saturated heterocycles. The Kier molecular flexibility index (Phi) is 3.51. The maximum absolute atomic E-state index is 13.1. The molecule has 86 valence electrons. The maximum Gasteiger partial charge on any atom is 0.320 e. The highest BCUT2D eigenvalue weighted by Crippen LogP contribution is 2.23. The van der Waals surface area contributed by atoms with E-state index in [1.54, 1.807) is 0 Å². The average molecular weight is 228 g/mol. The van der Waals surface area contributed by atoms with Crippen molar-refractivity contribution < 1.29 is 19.2 Å². The molecular formula is C9H9FN2O4. The van der Waals surface area contributed by atoms with Gasteiger partial charge in [-0.2, -0.15) is 4.39 Å². The Morgan fingerprint density at radius 3 is 2.75 bits per heavy atom. The van der Waals surface area contributed by atoms with E-state index in [-0.39, 0.29) is 12.0 Å². The molecule has 1 aromatic carbocycles. The second-order valence-corrected chi connectivity index (χ2v) is 3.15. The quantitative estimate of drug-likeness (QED) is 0.582. The molecule has 3 N–H and O–H groups in total. The van der Waals surface area contributed by atoms with Gasteiger partial charge in [0.2, 0.25) is 5.82 Å². The topological polar surface area (TPSA) is 106 Å². The molecular weight excluding hydrogens is 219 g/mol. The predicted octanol–water partition coefficient (Wildman–Crippen LogP) is 0.688. The lowest BCUT2D eigenvalue weighted by molar-refractivity contribution is -0.388. The lowest BCUT2D eigenvalue weighted by Gasteiger charge is -2.07. The summed E-state index contributed by atoms with van der Waals surface area (Å²) >= 11 is 0. The average Bonchev–Trinajstić information content (AvgIpc) is 2.16. The molecule has 7 heteroatoms. The number of nitro benzene ring substituents is 1. The van der Waals surface area contributed by atoms with Crippen LogP contribution in [0.3, 0.4) is 0 Å². The van der Waals surface area contributed by atoms with E-state index >= 15 is 0 Å². The van der Waals surface area contributed by atoms with Gasteiger partial charge in [0.25, 0.3) is 0 Å². The predicted molar refractivity (Wildman–Crippen MR) is 52.4 cm³/mol. The number of nitro groups is 1. The van der Waals surface area contributed by atoms with Gasteiger partial charge in [-0.05, 0) is 6.07 Å². The molecule has 1 atom stereocenters. The van der Waals surface area contributed by atoms with Crippen molar-refractivity contribution in [3.05, 3.63) is 39.7 Å². The number of nitrogens with two attached hydrogens (primary N) is 1. The summed E-state index contributed by atoms with van der Waals surface area (Å²) in [4.78, 5) is 20.2. The molecule has 0 aliphatic rings. The first-order valence-corrected chi connectivity index (χ1v) is 4.33. The van der Waals surface area contributed by atoms with Crippen LogP contribution in [0.25, 0.3) is 0 Å². The van der Waals surface area contributed by atoms with Crippen molar-refractivity contribution in [1.29, 1.82) is 0 Å². The third kappa shape index (κ3) is 2.51. The minimum absolute atomic E-state index is 0.0279. The summed E-state index contributed by atoms with van der Waals surface area (Å²) < 4.78 is 13.1. The zero-order valence-corrected chi connectivity index (χ0v) is 8.09. The molecule has 0 fully saturated rings. The molecule has 6 nitrogen and oxygen atoms in total. The molecule has 0 radical (unpaired) electrons. The first-order valence-electron chi connectivity index (χ1n) is 4.33. The van der Waals surface area contributed by atoms with Crippen molar-refractivity contribution in [2.75, 3.05) is 0 Å². The fourth-order valence-electron chi connectivity index (χ4n) is 1.25. The minimum atomic E-state index is -1.29. The van der Waals surface area contributed by atoms with Gasteiger partial charge >= 0.3 is 11.7 Å². The van der Waals surface area contributed by atoms with Gasteiger partial charge in [-0.25, -0.2) is 0 Å². The number of carbonyl (C=O) groups is 1. The number of hydrogen-bond donors (Lipinski definition) is 2. The lowest BCUT2D eigenvalue weighted by Crippen LogP contribution is -2.32. The van der Waals surface area contributed by atoms with Gasteiger partial charge in [0, 0.05) is 12.0 Å². The van der Waals surface area contributed by atoms with Gasteiger partial charge < -0.3 is 10.8 Å². The summed E-state index contributed by atoms with van der Waals surface area (Å²) in [6.07, 6.45) is -0.288. The van der Waals surface area contributed by atoms with Crippen LogP contribution in [0.5, 0.6) is 0 Å². The number of carboxylic acid groups (broad SMARTS) is 1. The first kappa shape index (κ1) is 12.1. The number of para-hydroxylation sites is 1. The van der Waals surface area contributed by atoms with Crippen LogP contribution in [-0.2, 0) is 11.2 Å². The molecule has 0 unspecified atom stereocenters. The van der Waals surface area contributed by atoms with Crippen LogP contribution >= 0.6 is 0 Å². The fourth-order valence-corrected chi connectivity index (χ4v) is 1.25. The molecule has 0 aliphatic carbocycles. The van der Waals surface area contributed by atoms with Gasteiger partial charge in [-0.15, -0.1) is 0 Å². The summed E-state index contributed by atoms with van der Waals surface area (Å²) in [6.45, 7) is 0. The Balaban J connectivity index is 3.09. The third-order valence-corrected chi connectivity index (χ3v) is 2.01. The van der Waals surface area contributed by atoms with Gasteiger partial charge in [-0.3, -0.25) is 14.9 Å². The lowest BCUT2D eigenvalue weighted by atomic mass is 10.0. The van der Waals surface area contributed by atoms with Crippen LogP contribution in [-0.4, -0.2) is 22.0 Å². The molecule has 0 aliphatic heterocycles. The number of halogens is 1. The van der Waals surface area contributed by atoms with E-state index in [0.29, 0.717) is 0 Å². The van der Waals surface area contributed by atoms with E-state index < -0.39 is 28.4 Å². The van der Waals surface area contributed by atoms with E-state index in [4.69, 9.17) is 10.8 Å². The van der Waals surface area contributed by atoms with Crippen molar-refractivity contribution >= 4 is 11.7 Å². The van der Waals surface area contributed by atoms with Crippen LogP contribution in [0.2, 0.25) is 0 Å². The maximum atomic E-state index is 13.1. The largest absolute Gasteiger partial charge is 0.480 e. The van der Waals surface area contributed by atoms with Gasteiger partial charge in [0.1, 0.15) is 6.04 Å². The van der Waals surface area contributed by atoms with Crippen LogP contribution in [0.1, 0.15) is 5.56 Å². The molecule has 16 heavy (non-hydrogen) atoms. The Labute approximate surface area is 89.6 Å². The van der Waals surface area contributed by atoms with Gasteiger partial charge in [-0.1, -0.05) is 12.1 Å². The molecule has 1 aromatic rings. The SMILES string of the molecule is N[C@@H](Cc1cccc(F)c1[N+](=O)[O-])C(=O)O. The third-order valence-electron chi connectivity index (χ3n) is 2.01. The van der Waals surface area contributed by atoms with Gasteiger partial charge in [0.15, 0.2) is 0 Å². The number of nitrogens with zero attached hydrogens (tertiary/aromatic N) is 1. The van der Waals surface area contributed by atoms with Crippen LogP contribution in [0.4, 0.5) is 10.1 Å². The zero-order valence-electron chi connectivity index (χ0n) is 8.09. The number of hydrogen-bond acceptors (Lipinski definition) is 4. The fraction of sp³-hybridized carbons (Fsp3) is 0.222. The standard InChI is InChI=1S/C9H9FN2O4/c10-6-3-1-2-5(8(6)12(15)16)4-7(11)9(13)14/h1-3,7H,4,11H2,(H,13,14)/t7-/m0/s1. The van der Waals surface area contributed by atoms with E-state index in [0.717, 1.165) is 6.07 Å². The molecule has 0 heterocycles. The number of carboxylic acids is 1. The highest BCUT2D eigenvalue weighted by atomic mass is 19.1. The van der Waals surface area contributed by atoms with Crippen molar-refractivity contribution in [3.8, 4) is 0 Å². The Bertz CT molecular complexity index is 436. The smallest absolute Gasteiger partial charge is 0.320 e. The van der Waals surface area contributed by atoms with Crippen LogP contribution < -0.4 is 5.73 Å². The molecule has 0 amide bonds. The zero-order chi connectivity index (χ0) is 12.3. The molecule has 0 bridgehead atoms. The number of aliphatic carboxylic acids is 1. The normalized spacial score (nSPS) is 12.1. The Hall–Kier alpha value is -2.02. The summed E-state index contributed by atoms with van der Waals surface area (Å²) in [5.74, 6) is -2.29. The summed E-state index contributed by atoms with van der Waals surface area (Å²) in [6, 6.07) is 2.20. The van der Waals surface area contributed by atoms with E-state index in [1.165, 1.54) is 12.1 Å². The monoisotopic (exact) mass is 228 g/mol. The summed E-state index contributed by atoms with van der Waals surface area (Å²) in [7, 11) is 0. The van der Waals surface area contributed by atoms with Crippen molar-refractivity contribution in [2.45, 2.75) is 12.5 Å². The summed E-state index contributed by atoms with van der Waals surface area (Å²) in [5.41, 5.74) is 4.47. The second-order valence-electron chi connectivity index (χ2n) is 3.15. The number of rotatable bonds is 4. The van der Waals surface area contributed by atoms with Crippen molar-refractivity contribution in [3.63, 3.8) is 0 Å². The Morgan fingerprint density at radius 2 is 2.25 bits per heavy atom. The molecule has 0 saturated carbocycles. The minimum Gasteiger partial charge on any atom is -0.480 e. The summed E-state index contributed by atoms with van der Waals surface area (Å²) in [5, 5.41) is 19.1. The first-order chi connectivity index (χ1) is 7.43. The Morgan fingerprint density at radius 1 is 1.62 bits per heavy atom. The van der Waals surface area contributed by atoms with Crippen LogP contribution in [0, 0.1) is 15.9 Å². The van der Waals surface area contributed by atoms with Crippen LogP contribution in [0.15, 0.2) is 18.2 Å². The second kappa shape index (κ2) is 4.67. The highest BCUT2D eigenvalue weighted by Gasteiger charge is 2.23. The van der Waals surface area contributed by atoms with Crippen molar-refractivity contribution in [2.24, 2.45) is 5.73 Å². The van der Waals surface area contributed by atoms with Crippen molar-refractivity contribution in [1.82, 2.24) is 0 Å². The van der Waals surface area contributed by atoms with E-state index in [2.05, 4.69) is 0 Å². The molecule has 1 rings (SSSR count). The molecule has 0 spiro atoms. The van der Waals surface area contributed by atoms with E-state index in [9.17, 15) is 19.3 Å². The number of benzene rings is 1. The van der Waals surface area contributed by atoms with E-state index in [1.807, 2.05) is 0 Å².